The van der Waals surface area contributed by atoms with Crippen LogP contribution in [-0.2, 0) is 6.54 Å². The first-order chi connectivity index (χ1) is 11.1. The van der Waals surface area contributed by atoms with Crippen LogP contribution < -0.4 is 4.74 Å². The number of hydrogen-bond donors (Lipinski definition) is 0. The highest BCUT2D eigenvalue weighted by Gasteiger charge is 2.19. The third kappa shape index (κ3) is 5.22. The van der Waals surface area contributed by atoms with Crippen molar-refractivity contribution in [3.05, 3.63) is 35.5 Å². The highest BCUT2D eigenvalue weighted by molar-refractivity contribution is 8.36. The minimum Gasteiger partial charge on any atom is -0.497 e. The summed E-state index contributed by atoms with van der Waals surface area (Å²) < 4.78 is 5.20. The highest BCUT2D eigenvalue weighted by Crippen LogP contribution is 2.45. The molecule has 1 aromatic carbocycles. The van der Waals surface area contributed by atoms with Crippen molar-refractivity contribution in [1.29, 1.82) is 0 Å². The van der Waals surface area contributed by atoms with Gasteiger partial charge in [0.05, 0.1) is 13.7 Å². The van der Waals surface area contributed by atoms with Crippen LogP contribution in [0.3, 0.4) is 0 Å². The molecule has 0 spiro atoms. The molecule has 0 saturated carbocycles. The number of benzene rings is 1. The SMILES string of the molecule is COc1ccc(Cn2nc(C#CS(C)(C)C)c(S(C)(C)C)n2)cc1. The molecule has 132 valence electrons. The summed E-state index contributed by atoms with van der Waals surface area (Å²) in [7, 11) is -0.204. The van der Waals surface area contributed by atoms with Crippen molar-refractivity contribution in [2.45, 2.75) is 11.6 Å². The molecule has 0 aliphatic carbocycles. The third-order valence-electron chi connectivity index (χ3n) is 3.16. The summed E-state index contributed by atoms with van der Waals surface area (Å²) in [5, 5.41) is 13.8. The molecule has 0 aliphatic rings. The Labute approximate surface area is 148 Å². The van der Waals surface area contributed by atoms with Crippen molar-refractivity contribution >= 4 is 20.1 Å². The summed E-state index contributed by atoms with van der Waals surface area (Å²) >= 11 is 0. The predicted molar refractivity (Wildman–Crippen MR) is 108 cm³/mol. The Bertz CT molecular complexity index is 757. The van der Waals surface area contributed by atoms with Gasteiger partial charge in [0.1, 0.15) is 10.8 Å². The number of ether oxygens (including phenoxy) is 1. The lowest BCUT2D eigenvalue weighted by molar-refractivity contribution is 0.414. The molecule has 0 aliphatic heterocycles. The molecule has 1 aromatic heterocycles. The van der Waals surface area contributed by atoms with E-state index in [4.69, 9.17) is 9.84 Å². The molecule has 0 fully saturated rings. The summed E-state index contributed by atoms with van der Waals surface area (Å²) in [6.07, 6.45) is 13.2. The van der Waals surface area contributed by atoms with E-state index in [1.54, 1.807) is 11.9 Å². The third-order valence-corrected chi connectivity index (χ3v) is 5.31. The second kappa shape index (κ2) is 7.12. The van der Waals surface area contributed by atoms with Gasteiger partial charge in [0.25, 0.3) is 0 Å². The van der Waals surface area contributed by atoms with Gasteiger partial charge in [-0.2, -0.15) is 14.8 Å². The van der Waals surface area contributed by atoms with Crippen LogP contribution in [0.25, 0.3) is 0 Å². The van der Waals surface area contributed by atoms with Crippen LogP contribution in [-0.4, -0.2) is 59.6 Å². The van der Waals surface area contributed by atoms with E-state index < -0.39 is 20.1 Å². The van der Waals surface area contributed by atoms with Crippen LogP contribution >= 0.6 is 20.1 Å². The van der Waals surface area contributed by atoms with Gasteiger partial charge in [0, 0.05) is 0 Å². The molecule has 0 N–H and O–H groups in total. The molecule has 0 amide bonds. The van der Waals surface area contributed by atoms with Gasteiger partial charge in [-0.05, 0) is 66.4 Å². The van der Waals surface area contributed by atoms with E-state index >= 15 is 0 Å². The summed E-state index contributed by atoms with van der Waals surface area (Å²) in [6.45, 7) is 0.635. The molecular weight excluding hydrogens is 338 g/mol. The van der Waals surface area contributed by atoms with E-state index in [9.17, 15) is 0 Å². The van der Waals surface area contributed by atoms with Crippen molar-refractivity contribution in [3.63, 3.8) is 0 Å². The van der Waals surface area contributed by atoms with Crippen molar-refractivity contribution in [3.8, 4) is 16.9 Å². The first-order valence-electron chi connectivity index (χ1n) is 7.56. The maximum atomic E-state index is 5.20. The van der Waals surface area contributed by atoms with E-state index in [2.05, 4.69) is 53.8 Å². The second-order valence-electron chi connectivity index (χ2n) is 7.13. The molecule has 0 radical (unpaired) electrons. The van der Waals surface area contributed by atoms with E-state index in [0.717, 1.165) is 22.0 Å². The van der Waals surface area contributed by atoms with Gasteiger partial charge in [0.2, 0.25) is 0 Å². The maximum absolute atomic E-state index is 5.20. The minimum atomic E-state index is -0.991. The lowest BCUT2D eigenvalue weighted by Gasteiger charge is -2.22. The van der Waals surface area contributed by atoms with Crippen molar-refractivity contribution in [2.24, 2.45) is 0 Å². The maximum Gasteiger partial charge on any atom is 0.168 e. The van der Waals surface area contributed by atoms with E-state index in [1.807, 2.05) is 24.3 Å². The smallest absolute Gasteiger partial charge is 0.168 e. The fourth-order valence-electron chi connectivity index (χ4n) is 1.99. The fourth-order valence-corrected chi connectivity index (χ4v) is 3.40. The molecule has 0 bridgehead atoms. The van der Waals surface area contributed by atoms with Gasteiger partial charge in [-0.15, -0.1) is 10.2 Å². The Morgan fingerprint density at radius 3 is 2.12 bits per heavy atom. The number of rotatable bonds is 4. The first kappa shape index (κ1) is 18.8. The lowest BCUT2D eigenvalue weighted by atomic mass is 10.2. The summed E-state index contributed by atoms with van der Waals surface area (Å²) in [4.78, 5) is 1.76. The molecule has 24 heavy (non-hydrogen) atoms. The summed E-state index contributed by atoms with van der Waals surface area (Å²) in [6, 6.07) is 7.99. The molecular formula is C18H27N3OS2. The molecule has 1 heterocycles. The van der Waals surface area contributed by atoms with Crippen LogP contribution in [0.15, 0.2) is 29.3 Å². The average Bonchev–Trinajstić information content (AvgIpc) is 2.88. The van der Waals surface area contributed by atoms with E-state index in [1.165, 1.54) is 0 Å². The highest BCUT2D eigenvalue weighted by atomic mass is 32.3. The van der Waals surface area contributed by atoms with Gasteiger partial charge >= 0.3 is 0 Å². The quantitative estimate of drug-likeness (QED) is 0.780. The van der Waals surface area contributed by atoms with E-state index in [-0.39, 0.29) is 0 Å². The number of aromatic nitrogens is 3. The largest absolute Gasteiger partial charge is 0.497 e. The second-order valence-corrected chi connectivity index (χ2v) is 15.1. The predicted octanol–water partition coefficient (Wildman–Crippen LogP) is 3.39. The Hall–Kier alpha value is -1.58. The zero-order valence-corrected chi connectivity index (χ0v) is 17.2. The lowest BCUT2D eigenvalue weighted by Crippen LogP contribution is -2.04. The zero-order valence-electron chi connectivity index (χ0n) is 15.6. The number of methoxy groups -OCH3 is 1. The monoisotopic (exact) mass is 365 g/mol. The van der Waals surface area contributed by atoms with Gasteiger partial charge in [-0.1, -0.05) is 12.1 Å². The summed E-state index contributed by atoms with van der Waals surface area (Å²) in [5.41, 5.74) is 1.97. The molecule has 6 heteroatoms. The topological polar surface area (TPSA) is 39.9 Å². The van der Waals surface area contributed by atoms with Crippen LogP contribution in [0.2, 0.25) is 0 Å². The first-order valence-corrected chi connectivity index (χ1v) is 13.3. The standard InChI is InChI=1S/C18H27N3OS2/c1-22-16-10-8-15(9-11-16)14-21-19-17(12-13-23(2,3)4)18(20-21)24(5,6)7/h8-11H,14H2,1-7H3. The van der Waals surface area contributed by atoms with E-state index in [0.29, 0.717) is 6.54 Å². The Morgan fingerprint density at radius 1 is 1.00 bits per heavy atom. The Kier molecular flexibility index (Phi) is 5.56. The van der Waals surface area contributed by atoms with Crippen molar-refractivity contribution in [2.75, 3.05) is 44.6 Å². The molecule has 0 unspecified atom stereocenters. The van der Waals surface area contributed by atoms with Crippen molar-refractivity contribution in [1.82, 2.24) is 15.0 Å². The Morgan fingerprint density at radius 2 is 1.62 bits per heavy atom. The minimum absolute atomic E-state index is 0.635. The average molecular weight is 366 g/mol. The summed E-state index contributed by atoms with van der Waals surface area (Å²) in [5.74, 6) is 4.13. The number of nitrogens with zero attached hydrogens (tertiary/aromatic N) is 3. The van der Waals surface area contributed by atoms with Gasteiger partial charge in [-0.25, -0.2) is 10.0 Å². The van der Waals surface area contributed by atoms with Crippen molar-refractivity contribution < 1.29 is 4.74 Å². The fraction of sp³-hybridized carbons (Fsp3) is 0.444. The van der Waals surface area contributed by atoms with Gasteiger partial charge in [0.15, 0.2) is 5.69 Å². The normalized spacial score (nSPS) is 13.1. The molecule has 0 atom stereocenters. The number of hydrogen-bond acceptors (Lipinski definition) is 3. The molecule has 0 saturated heterocycles. The van der Waals surface area contributed by atoms with Crippen LogP contribution in [0.4, 0.5) is 0 Å². The van der Waals surface area contributed by atoms with Crippen LogP contribution in [0.5, 0.6) is 5.75 Å². The molecule has 2 rings (SSSR count). The van der Waals surface area contributed by atoms with Crippen LogP contribution in [0.1, 0.15) is 11.3 Å². The van der Waals surface area contributed by atoms with Gasteiger partial charge in [-0.3, -0.25) is 0 Å². The molecule has 2 aromatic rings. The Balaban J connectivity index is 2.33. The zero-order chi connectivity index (χ0) is 18.0. The van der Waals surface area contributed by atoms with Gasteiger partial charge < -0.3 is 4.74 Å². The van der Waals surface area contributed by atoms with Crippen LogP contribution in [0, 0.1) is 11.2 Å². The molecule has 4 nitrogen and oxygen atoms in total.